The number of hydrogen-bond acceptors (Lipinski definition) is 3. The van der Waals surface area contributed by atoms with Crippen LogP contribution >= 0.6 is 0 Å². The van der Waals surface area contributed by atoms with Gasteiger partial charge in [0.05, 0.1) is 11.1 Å². The molecule has 0 saturated carbocycles. The Bertz CT molecular complexity index is 892. The number of benzene rings is 2. The van der Waals surface area contributed by atoms with E-state index in [1.54, 1.807) is 0 Å². The van der Waals surface area contributed by atoms with E-state index in [-0.39, 0.29) is 11.1 Å². The highest BCUT2D eigenvalue weighted by Gasteiger charge is 2.33. The molecule has 0 saturated heterocycles. The maximum atomic E-state index is 13.1. The number of aromatic hydroxyl groups is 1. The summed E-state index contributed by atoms with van der Waals surface area (Å²) in [6.45, 7) is 0.459. The zero-order valence-electron chi connectivity index (χ0n) is 14.4. The normalized spacial score (nSPS) is 11.0. The van der Waals surface area contributed by atoms with Crippen molar-refractivity contribution in [1.82, 2.24) is 0 Å². The maximum absolute atomic E-state index is 13.1. The van der Waals surface area contributed by atoms with Crippen LogP contribution in [0.15, 0.2) is 36.4 Å². The fourth-order valence-corrected chi connectivity index (χ4v) is 2.47. The molecule has 0 heterocycles. The van der Waals surface area contributed by atoms with Crippen LogP contribution in [0.25, 0.3) is 0 Å². The summed E-state index contributed by atoms with van der Waals surface area (Å²) in [6.07, 6.45) is -3.57. The number of ether oxygens (including phenoxy) is 1. The van der Waals surface area contributed by atoms with E-state index in [0.29, 0.717) is 36.6 Å². The second-order valence-electron chi connectivity index (χ2n) is 5.75. The Hall–Kier alpha value is -2.98. The van der Waals surface area contributed by atoms with Gasteiger partial charge in [-0.2, -0.15) is 13.2 Å². The van der Waals surface area contributed by atoms with Crippen LogP contribution in [0.3, 0.4) is 0 Å². The van der Waals surface area contributed by atoms with E-state index in [1.807, 2.05) is 0 Å². The third-order valence-electron chi connectivity index (χ3n) is 3.79. The fraction of sp³-hybridized carbons (Fsp3) is 0.250. The summed E-state index contributed by atoms with van der Waals surface area (Å²) in [4.78, 5) is 11.2. The molecule has 2 N–H and O–H groups in total. The van der Waals surface area contributed by atoms with Crippen molar-refractivity contribution in [2.45, 2.75) is 19.0 Å². The number of carboxylic acids is 1. The molecule has 0 atom stereocenters. The molecule has 0 aliphatic rings. The minimum Gasteiger partial charge on any atom is -0.508 e. The van der Waals surface area contributed by atoms with E-state index >= 15 is 0 Å². The molecule has 2 rings (SSSR count). The van der Waals surface area contributed by atoms with Crippen LogP contribution < -0.4 is 0 Å². The van der Waals surface area contributed by atoms with Crippen LogP contribution in [0, 0.1) is 11.8 Å². The second kappa shape index (κ2) is 8.60. The molecule has 0 aliphatic carbocycles. The first-order valence-corrected chi connectivity index (χ1v) is 7.99. The molecule has 142 valence electrons. The number of phenols is 1. The average molecular weight is 378 g/mol. The molecule has 0 amide bonds. The number of hydrogen-bond donors (Lipinski definition) is 2. The Morgan fingerprint density at radius 1 is 1.11 bits per heavy atom. The van der Waals surface area contributed by atoms with Gasteiger partial charge in [-0.3, -0.25) is 0 Å². The van der Waals surface area contributed by atoms with Gasteiger partial charge in [0.1, 0.15) is 5.75 Å². The van der Waals surface area contributed by atoms with E-state index in [9.17, 15) is 23.1 Å². The van der Waals surface area contributed by atoms with E-state index < -0.39 is 23.5 Å². The van der Waals surface area contributed by atoms with E-state index in [2.05, 4.69) is 11.8 Å². The summed E-state index contributed by atoms with van der Waals surface area (Å²) >= 11 is 0. The van der Waals surface area contributed by atoms with Gasteiger partial charge in [0.25, 0.3) is 0 Å². The van der Waals surface area contributed by atoms with Crippen molar-refractivity contribution < 1.29 is 32.9 Å². The van der Waals surface area contributed by atoms with Crippen molar-refractivity contribution in [3.8, 4) is 17.6 Å². The topological polar surface area (TPSA) is 66.8 Å². The molecule has 0 aromatic heterocycles. The predicted octanol–water partition coefficient (Wildman–Crippen LogP) is 4.09. The van der Waals surface area contributed by atoms with Crippen LogP contribution in [-0.4, -0.2) is 29.9 Å². The molecule has 0 fully saturated rings. The van der Waals surface area contributed by atoms with Gasteiger partial charge in [0.2, 0.25) is 0 Å². The minimum atomic E-state index is -4.66. The number of aromatic carboxylic acids is 1. The Morgan fingerprint density at radius 2 is 1.78 bits per heavy atom. The molecule has 0 aliphatic heterocycles. The van der Waals surface area contributed by atoms with Gasteiger partial charge in [0.15, 0.2) is 0 Å². The third kappa shape index (κ3) is 5.50. The molecule has 0 bridgehead atoms. The second-order valence-corrected chi connectivity index (χ2v) is 5.75. The van der Waals surface area contributed by atoms with Crippen molar-refractivity contribution in [3.63, 3.8) is 0 Å². The maximum Gasteiger partial charge on any atom is 0.417 e. The van der Waals surface area contributed by atoms with Crippen LogP contribution in [0.2, 0.25) is 0 Å². The smallest absolute Gasteiger partial charge is 0.417 e. The number of phenolic OH excluding ortho intramolecular Hbond substituents is 1. The lowest BCUT2D eigenvalue weighted by atomic mass is 9.99. The van der Waals surface area contributed by atoms with Crippen LogP contribution in [0.1, 0.15) is 39.0 Å². The van der Waals surface area contributed by atoms with Gasteiger partial charge in [-0.1, -0.05) is 11.8 Å². The number of aryl methyl sites for hydroxylation is 1. The largest absolute Gasteiger partial charge is 0.508 e. The molecule has 2 aromatic carbocycles. The van der Waals surface area contributed by atoms with Gasteiger partial charge in [0, 0.05) is 24.8 Å². The van der Waals surface area contributed by atoms with E-state index in [4.69, 9.17) is 9.84 Å². The summed E-state index contributed by atoms with van der Waals surface area (Å²) in [7, 11) is 1.54. The summed E-state index contributed by atoms with van der Waals surface area (Å²) in [5.41, 5.74) is -0.166. The van der Waals surface area contributed by atoms with Crippen LogP contribution in [0.4, 0.5) is 13.2 Å². The van der Waals surface area contributed by atoms with Crippen molar-refractivity contribution in [2.75, 3.05) is 13.7 Å². The molecular formula is C20H17F3O4. The van der Waals surface area contributed by atoms with Crippen molar-refractivity contribution in [3.05, 3.63) is 64.2 Å². The van der Waals surface area contributed by atoms with Gasteiger partial charge in [-0.05, 0) is 54.8 Å². The summed E-state index contributed by atoms with van der Waals surface area (Å²) < 4.78 is 44.3. The van der Waals surface area contributed by atoms with Crippen LogP contribution in [0.5, 0.6) is 5.75 Å². The van der Waals surface area contributed by atoms with Crippen molar-refractivity contribution in [1.29, 1.82) is 0 Å². The van der Waals surface area contributed by atoms with Crippen molar-refractivity contribution >= 4 is 5.97 Å². The standard InChI is InChI=1S/C20H17F3O4/c1-27-10-2-3-15-11-16(19(25)26)7-5-13(15)4-6-14-8-9-17(24)12-18(14)20(21,22)23/h5,7-9,11-12,24H,2-3,10H2,1H3,(H,25,26). The lowest BCUT2D eigenvalue weighted by molar-refractivity contribution is -0.137. The molecular weight excluding hydrogens is 361 g/mol. The summed E-state index contributed by atoms with van der Waals surface area (Å²) in [5.74, 6) is 3.57. The minimum absolute atomic E-state index is 0.0774. The van der Waals surface area contributed by atoms with E-state index in [1.165, 1.54) is 25.3 Å². The van der Waals surface area contributed by atoms with Gasteiger partial charge in [-0.15, -0.1) is 0 Å². The van der Waals surface area contributed by atoms with Gasteiger partial charge < -0.3 is 14.9 Å². The van der Waals surface area contributed by atoms with Crippen molar-refractivity contribution in [2.24, 2.45) is 0 Å². The first-order chi connectivity index (χ1) is 12.7. The molecule has 0 radical (unpaired) electrons. The zero-order valence-corrected chi connectivity index (χ0v) is 14.4. The average Bonchev–Trinajstić information content (AvgIpc) is 2.60. The van der Waals surface area contributed by atoms with Gasteiger partial charge in [-0.25, -0.2) is 4.79 Å². The molecule has 4 nitrogen and oxygen atoms in total. The first kappa shape index (κ1) is 20.3. The highest BCUT2D eigenvalue weighted by molar-refractivity contribution is 5.88. The number of carbonyl (C=O) groups is 1. The lowest BCUT2D eigenvalue weighted by Gasteiger charge is -2.09. The predicted molar refractivity (Wildman–Crippen MR) is 92.7 cm³/mol. The van der Waals surface area contributed by atoms with Gasteiger partial charge >= 0.3 is 12.1 Å². The zero-order chi connectivity index (χ0) is 20.0. The fourth-order valence-electron chi connectivity index (χ4n) is 2.47. The number of rotatable bonds is 5. The third-order valence-corrected chi connectivity index (χ3v) is 3.79. The molecule has 0 unspecified atom stereocenters. The number of alkyl halides is 3. The molecule has 2 aromatic rings. The monoisotopic (exact) mass is 378 g/mol. The SMILES string of the molecule is COCCCc1cc(C(=O)O)ccc1C#Cc1ccc(O)cc1C(F)(F)F. The summed E-state index contributed by atoms with van der Waals surface area (Å²) in [5, 5.41) is 18.4. The Balaban J connectivity index is 2.45. The van der Waals surface area contributed by atoms with Crippen LogP contribution in [-0.2, 0) is 17.3 Å². The first-order valence-electron chi connectivity index (χ1n) is 7.99. The molecule has 0 spiro atoms. The number of halogens is 3. The highest BCUT2D eigenvalue weighted by atomic mass is 19.4. The Labute approximate surface area is 154 Å². The lowest BCUT2D eigenvalue weighted by Crippen LogP contribution is -2.07. The molecule has 27 heavy (non-hydrogen) atoms. The Kier molecular flexibility index (Phi) is 6.48. The quantitative estimate of drug-likeness (QED) is 0.608. The number of methoxy groups -OCH3 is 1. The van der Waals surface area contributed by atoms with E-state index in [0.717, 1.165) is 12.1 Å². The Morgan fingerprint density at radius 3 is 2.41 bits per heavy atom. The highest BCUT2D eigenvalue weighted by Crippen LogP contribution is 2.33. The molecule has 7 heteroatoms. The summed E-state index contributed by atoms with van der Waals surface area (Å²) in [6, 6.07) is 7.15. The number of carboxylic acid groups (broad SMARTS) is 1.